The number of benzene rings is 3. The van der Waals surface area contributed by atoms with Gasteiger partial charge in [-0.05, 0) is 74.2 Å². The van der Waals surface area contributed by atoms with E-state index >= 15 is 0 Å². The third kappa shape index (κ3) is 5.03. The fourth-order valence-electron chi connectivity index (χ4n) is 2.30. The molecule has 0 N–H and O–H groups in total. The lowest BCUT2D eigenvalue weighted by molar-refractivity contribution is 0.302. The molecule has 0 bridgehead atoms. The summed E-state index contributed by atoms with van der Waals surface area (Å²) < 4.78 is 7.73. The average molecular weight is 459 g/mol. The lowest BCUT2D eigenvalue weighted by atomic mass is 10.2. The largest absolute Gasteiger partial charge is 0.487 e. The number of aryl methyl sites for hydroxylation is 1. The number of ether oxygens (including phenoxy) is 1. The second-order valence-electron chi connectivity index (χ2n) is 5.68. The molecular formula is C21H17Br2NO. The SMILES string of the molecule is Cc1ccc(N=Cc2cc(Br)c(OCc3ccccc3)c(Br)c2)cc1. The summed E-state index contributed by atoms with van der Waals surface area (Å²) in [6.45, 7) is 2.59. The van der Waals surface area contributed by atoms with Crippen LogP contribution in [0.15, 0.2) is 80.7 Å². The molecule has 0 aromatic heterocycles. The Bertz CT molecular complexity index is 851. The Hall–Kier alpha value is -1.91. The van der Waals surface area contributed by atoms with E-state index in [9.17, 15) is 0 Å². The van der Waals surface area contributed by atoms with Crippen molar-refractivity contribution in [2.75, 3.05) is 0 Å². The maximum absolute atomic E-state index is 5.95. The number of aliphatic imine (C=N–C) groups is 1. The van der Waals surface area contributed by atoms with Gasteiger partial charge in [0.25, 0.3) is 0 Å². The number of rotatable bonds is 5. The van der Waals surface area contributed by atoms with E-state index in [2.05, 4.69) is 55.9 Å². The fraction of sp³-hybridized carbons (Fsp3) is 0.0952. The molecule has 4 heteroatoms. The summed E-state index contributed by atoms with van der Waals surface area (Å²) in [5.41, 5.74) is 4.28. The molecule has 0 aliphatic rings. The van der Waals surface area contributed by atoms with E-state index in [0.717, 1.165) is 31.5 Å². The Morgan fingerprint density at radius 1 is 0.920 bits per heavy atom. The summed E-state index contributed by atoms with van der Waals surface area (Å²) in [6.07, 6.45) is 1.85. The molecule has 2 nitrogen and oxygen atoms in total. The Labute approximate surface area is 164 Å². The van der Waals surface area contributed by atoms with Gasteiger partial charge >= 0.3 is 0 Å². The Balaban J connectivity index is 1.74. The molecule has 0 unspecified atom stereocenters. The van der Waals surface area contributed by atoms with Crippen LogP contribution >= 0.6 is 31.9 Å². The lowest BCUT2D eigenvalue weighted by Gasteiger charge is -2.11. The predicted octanol–water partition coefficient (Wildman–Crippen LogP) is 6.85. The Kier molecular flexibility index (Phi) is 6.05. The zero-order valence-corrected chi connectivity index (χ0v) is 16.9. The monoisotopic (exact) mass is 457 g/mol. The van der Waals surface area contributed by atoms with Crippen molar-refractivity contribution in [2.45, 2.75) is 13.5 Å². The maximum Gasteiger partial charge on any atom is 0.148 e. The van der Waals surface area contributed by atoms with Gasteiger partial charge in [-0.2, -0.15) is 0 Å². The minimum Gasteiger partial charge on any atom is -0.487 e. The first-order valence-corrected chi connectivity index (χ1v) is 9.47. The third-order valence-corrected chi connectivity index (χ3v) is 4.82. The highest BCUT2D eigenvalue weighted by atomic mass is 79.9. The summed E-state index contributed by atoms with van der Waals surface area (Å²) in [4.78, 5) is 4.52. The summed E-state index contributed by atoms with van der Waals surface area (Å²) in [6, 6.07) is 22.2. The second-order valence-corrected chi connectivity index (χ2v) is 7.39. The Morgan fingerprint density at radius 3 is 2.20 bits per heavy atom. The molecule has 0 fully saturated rings. The van der Waals surface area contributed by atoms with Crippen LogP contribution < -0.4 is 4.74 Å². The molecule has 25 heavy (non-hydrogen) atoms. The van der Waals surface area contributed by atoms with E-state index in [1.807, 2.05) is 60.8 Å². The molecule has 3 rings (SSSR count). The van der Waals surface area contributed by atoms with E-state index in [1.165, 1.54) is 5.56 Å². The van der Waals surface area contributed by atoms with E-state index in [1.54, 1.807) is 0 Å². The van der Waals surface area contributed by atoms with E-state index in [4.69, 9.17) is 4.74 Å². The topological polar surface area (TPSA) is 21.6 Å². The first kappa shape index (κ1) is 17.9. The van der Waals surface area contributed by atoms with Crippen LogP contribution in [-0.2, 0) is 6.61 Å². The number of halogens is 2. The van der Waals surface area contributed by atoms with Crippen LogP contribution in [0.2, 0.25) is 0 Å². The summed E-state index contributed by atoms with van der Waals surface area (Å²) >= 11 is 7.18. The van der Waals surface area contributed by atoms with Crippen molar-refractivity contribution in [3.05, 3.63) is 92.4 Å². The fourth-order valence-corrected chi connectivity index (χ4v) is 3.75. The van der Waals surface area contributed by atoms with Gasteiger partial charge in [-0.15, -0.1) is 0 Å². The van der Waals surface area contributed by atoms with Crippen molar-refractivity contribution in [2.24, 2.45) is 4.99 Å². The molecule has 0 saturated heterocycles. The number of hydrogen-bond donors (Lipinski definition) is 0. The van der Waals surface area contributed by atoms with Crippen LogP contribution in [0.25, 0.3) is 0 Å². The number of hydrogen-bond acceptors (Lipinski definition) is 2. The zero-order chi connectivity index (χ0) is 17.6. The molecule has 0 spiro atoms. The van der Waals surface area contributed by atoms with E-state index in [-0.39, 0.29) is 0 Å². The van der Waals surface area contributed by atoms with Gasteiger partial charge in [0.2, 0.25) is 0 Å². The van der Waals surface area contributed by atoms with Crippen molar-refractivity contribution in [3.8, 4) is 5.75 Å². The molecule has 0 saturated carbocycles. The first-order chi connectivity index (χ1) is 12.1. The highest BCUT2D eigenvalue weighted by Crippen LogP contribution is 2.35. The molecule has 0 aliphatic carbocycles. The van der Waals surface area contributed by atoms with Crippen molar-refractivity contribution < 1.29 is 4.74 Å². The van der Waals surface area contributed by atoms with Gasteiger partial charge in [0.15, 0.2) is 0 Å². The Morgan fingerprint density at radius 2 is 1.56 bits per heavy atom. The lowest BCUT2D eigenvalue weighted by Crippen LogP contribution is -1.97. The van der Waals surface area contributed by atoms with Gasteiger partial charge in [-0.1, -0.05) is 48.0 Å². The van der Waals surface area contributed by atoms with Gasteiger partial charge in [-0.25, -0.2) is 0 Å². The molecule has 126 valence electrons. The van der Waals surface area contributed by atoms with Crippen LogP contribution in [0.1, 0.15) is 16.7 Å². The van der Waals surface area contributed by atoms with Crippen LogP contribution in [0.4, 0.5) is 5.69 Å². The molecule has 3 aromatic carbocycles. The van der Waals surface area contributed by atoms with E-state index < -0.39 is 0 Å². The van der Waals surface area contributed by atoms with Gasteiger partial charge < -0.3 is 4.74 Å². The quantitative estimate of drug-likeness (QED) is 0.383. The van der Waals surface area contributed by atoms with Gasteiger partial charge in [0, 0.05) is 6.21 Å². The van der Waals surface area contributed by atoms with Crippen molar-refractivity contribution in [1.29, 1.82) is 0 Å². The average Bonchev–Trinajstić information content (AvgIpc) is 2.61. The molecule has 0 atom stereocenters. The summed E-state index contributed by atoms with van der Waals surface area (Å²) in [7, 11) is 0. The summed E-state index contributed by atoms with van der Waals surface area (Å²) in [5, 5.41) is 0. The van der Waals surface area contributed by atoms with Crippen molar-refractivity contribution in [3.63, 3.8) is 0 Å². The minimum atomic E-state index is 0.523. The van der Waals surface area contributed by atoms with Gasteiger partial charge in [0.05, 0.1) is 14.6 Å². The molecule has 0 heterocycles. The third-order valence-electron chi connectivity index (χ3n) is 3.64. The minimum absolute atomic E-state index is 0.523. The van der Waals surface area contributed by atoms with Gasteiger partial charge in [-0.3, -0.25) is 4.99 Å². The highest BCUT2D eigenvalue weighted by molar-refractivity contribution is 9.11. The van der Waals surface area contributed by atoms with Crippen molar-refractivity contribution in [1.82, 2.24) is 0 Å². The smallest absolute Gasteiger partial charge is 0.148 e. The van der Waals surface area contributed by atoms with Crippen LogP contribution in [0.3, 0.4) is 0 Å². The molecule has 3 aromatic rings. The van der Waals surface area contributed by atoms with Gasteiger partial charge in [0.1, 0.15) is 12.4 Å². The zero-order valence-electron chi connectivity index (χ0n) is 13.7. The van der Waals surface area contributed by atoms with Crippen LogP contribution in [-0.4, -0.2) is 6.21 Å². The molecule has 0 aliphatic heterocycles. The van der Waals surface area contributed by atoms with Crippen LogP contribution in [0.5, 0.6) is 5.75 Å². The highest BCUT2D eigenvalue weighted by Gasteiger charge is 2.09. The normalized spacial score (nSPS) is 11.0. The number of nitrogens with zero attached hydrogens (tertiary/aromatic N) is 1. The standard InChI is InChI=1S/C21H17Br2NO/c1-15-7-9-18(10-8-15)24-13-17-11-19(22)21(20(23)12-17)25-14-16-5-3-2-4-6-16/h2-13H,14H2,1H3. The van der Waals surface area contributed by atoms with Crippen molar-refractivity contribution >= 4 is 43.8 Å². The second kappa shape index (κ2) is 8.45. The maximum atomic E-state index is 5.95. The molecular weight excluding hydrogens is 442 g/mol. The predicted molar refractivity (Wildman–Crippen MR) is 111 cm³/mol. The first-order valence-electron chi connectivity index (χ1n) is 7.88. The molecule has 0 radical (unpaired) electrons. The van der Waals surface area contributed by atoms with E-state index in [0.29, 0.717) is 6.61 Å². The van der Waals surface area contributed by atoms with Crippen LogP contribution in [0, 0.1) is 6.92 Å². The molecule has 0 amide bonds. The summed E-state index contributed by atoms with van der Waals surface area (Å²) in [5.74, 6) is 0.788.